The molecule has 0 radical (unpaired) electrons. The Hall–Kier alpha value is -1.13. The van der Waals surface area contributed by atoms with E-state index in [1.807, 2.05) is 18.2 Å². The van der Waals surface area contributed by atoms with Gasteiger partial charge >= 0.3 is 5.97 Å². The van der Waals surface area contributed by atoms with Crippen molar-refractivity contribution in [3.63, 3.8) is 0 Å². The highest BCUT2D eigenvalue weighted by molar-refractivity contribution is 5.73. The molecule has 0 aromatic heterocycles. The van der Waals surface area contributed by atoms with E-state index in [1.54, 1.807) is 7.11 Å². The lowest BCUT2D eigenvalue weighted by Crippen LogP contribution is -2.31. The molecule has 2 atom stereocenters. The smallest absolute Gasteiger partial charge is 0.320 e. The molecule has 1 aliphatic carbocycles. The molecule has 0 saturated heterocycles. The van der Waals surface area contributed by atoms with Crippen molar-refractivity contribution in [2.24, 2.45) is 5.73 Å². The van der Waals surface area contributed by atoms with Crippen LogP contribution in [0.25, 0.3) is 0 Å². The van der Waals surface area contributed by atoms with Crippen molar-refractivity contribution in [3.8, 4) is 0 Å². The van der Waals surface area contributed by atoms with Crippen molar-refractivity contribution < 1.29 is 14.6 Å². The van der Waals surface area contributed by atoms with Gasteiger partial charge in [-0.05, 0) is 12.8 Å². The van der Waals surface area contributed by atoms with Gasteiger partial charge < -0.3 is 15.6 Å². The molecule has 0 spiro atoms. The number of carbonyl (C=O) groups is 1. The molecule has 0 fully saturated rings. The van der Waals surface area contributed by atoms with E-state index in [0.717, 1.165) is 12.0 Å². The van der Waals surface area contributed by atoms with E-state index in [0.29, 0.717) is 6.42 Å². The van der Waals surface area contributed by atoms with Crippen LogP contribution < -0.4 is 5.73 Å². The number of hydrogen-bond donors (Lipinski definition) is 2. The highest BCUT2D eigenvalue weighted by Crippen LogP contribution is 2.18. The average molecular weight is 197 g/mol. The molecule has 3 N–H and O–H groups in total. The fourth-order valence-electron chi connectivity index (χ4n) is 1.39. The maximum atomic E-state index is 10.5. The molecule has 0 aromatic carbocycles. The fourth-order valence-corrected chi connectivity index (χ4v) is 1.39. The van der Waals surface area contributed by atoms with Crippen LogP contribution in [0.2, 0.25) is 0 Å². The van der Waals surface area contributed by atoms with Crippen LogP contribution in [0.4, 0.5) is 0 Å². The Morgan fingerprint density at radius 3 is 3.14 bits per heavy atom. The van der Waals surface area contributed by atoms with Crippen molar-refractivity contribution in [2.45, 2.75) is 25.0 Å². The zero-order valence-electron chi connectivity index (χ0n) is 8.14. The number of nitrogens with two attached hydrogens (primary N) is 1. The van der Waals surface area contributed by atoms with Gasteiger partial charge in [0.2, 0.25) is 0 Å². The van der Waals surface area contributed by atoms with E-state index in [1.165, 1.54) is 0 Å². The maximum absolute atomic E-state index is 10.5. The molecular formula is C10H15NO3. The number of aliphatic carboxylic acids is 1. The van der Waals surface area contributed by atoms with Crippen molar-refractivity contribution in [1.82, 2.24) is 0 Å². The van der Waals surface area contributed by atoms with Crippen LogP contribution in [0.5, 0.6) is 0 Å². The Morgan fingerprint density at radius 2 is 2.57 bits per heavy atom. The van der Waals surface area contributed by atoms with Gasteiger partial charge in [0.25, 0.3) is 0 Å². The van der Waals surface area contributed by atoms with Crippen molar-refractivity contribution in [3.05, 3.63) is 23.8 Å². The quantitative estimate of drug-likeness (QED) is 0.695. The molecule has 78 valence electrons. The highest BCUT2D eigenvalue weighted by atomic mass is 16.5. The van der Waals surface area contributed by atoms with Gasteiger partial charge in [0.1, 0.15) is 6.04 Å². The van der Waals surface area contributed by atoms with Crippen LogP contribution in [0.15, 0.2) is 23.8 Å². The lowest BCUT2D eigenvalue weighted by molar-refractivity contribution is -0.138. The first-order valence-corrected chi connectivity index (χ1v) is 4.51. The second kappa shape index (κ2) is 4.93. The van der Waals surface area contributed by atoms with Gasteiger partial charge in [-0.15, -0.1) is 0 Å². The summed E-state index contributed by atoms with van der Waals surface area (Å²) >= 11 is 0. The summed E-state index contributed by atoms with van der Waals surface area (Å²) in [5.41, 5.74) is 6.45. The van der Waals surface area contributed by atoms with E-state index < -0.39 is 12.0 Å². The van der Waals surface area contributed by atoms with E-state index in [-0.39, 0.29) is 6.10 Å². The number of allylic oxidation sites excluding steroid dienone is 2. The fraction of sp³-hybridized carbons (Fsp3) is 0.500. The average Bonchev–Trinajstić information content (AvgIpc) is 2.18. The molecule has 1 aliphatic rings. The summed E-state index contributed by atoms with van der Waals surface area (Å²) in [5, 5.41) is 8.63. The molecule has 2 unspecified atom stereocenters. The van der Waals surface area contributed by atoms with Gasteiger partial charge in [0.15, 0.2) is 0 Å². The predicted octanol–water partition coefficient (Wildman–Crippen LogP) is 0.690. The van der Waals surface area contributed by atoms with E-state index in [2.05, 4.69) is 0 Å². The first-order chi connectivity index (χ1) is 6.63. The lowest BCUT2D eigenvalue weighted by atomic mass is 9.96. The van der Waals surface area contributed by atoms with Gasteiger partial charge in [-0.3, -0.25) is 4.79 Å². The molecule has 4 heteroatoms. The van der Waals surface area contributed by atoms with Crippen molar-refractivity contribution in [2.75, 3.05) is 7.11 Å². The Labute approximate surface area is 83.0 Å². The Bertz CT molecular complexity index is 271. The highest BCUT2D eigenvalue weighted by Gasteiger charge is 2.17. The molecular weight excluding hydrogens is 182 g/mol. The second-order valence-electron chi connectivity index (χ2n) is 3.34. The summed E-state index contributed by atoms with van der Waals surface area (Å²) in [4.78, 5) is 10.5. The van der Waals surface area contributed by atoms with Crippen LogP contribution in [-0.2, 0) is 9.53 Å². The summed E-state index contributed by atoms with van der Waals surface area (Å²) < 4.78 is 5.15. The summed E-state index contributed by atoms with van der Waals surface area (Å²) in [7, 11) is 1.63. The summed E-state index contributed by atoms with van der Waals surface area (Å²) in [6.07, 6.45) is 6.89. The van der Waals surface area contributed by atoms with Crippen molar-refractivity contribution >= 4 is 5.97 Å². The molecule has 0 heterocycles. The minimum absolute atomic E-state index is 0.0518. The molecule has 0 saturated carbocycles. The topological polar surface area (TPSA) is 72.5 Å². The molecule has 0 aromatic rings. The molecule has 0 aliphatic heterocycles. The number of methoxy groups -OCH3 is 1. The standard InChI is InChI=1S/C10H15NO3/c1-14-8-4-2-3-7(5-8)6-9(11)10(12)13/h2-4,8-9H,5-6,11H2,1H3,(H,12,13). The van der Waals surface area contributed by atoms with Gasteiger partial charge in [0.05, 0.1) is 6.10 Å². The second-order valence-corrected chi connectivity index (χ2v) is 3.34. The Morgan fingerprint density at radius 1 is 1.86 bits per heavy atom. The summed E-state index contributed by atoms with van der Waals surface area (Å²) in [5.74, 6) is -0.964. The third-order valence-electron chi connectivity index (χ3n) is 2.22. The predicted molar refractivity (Wildman–Crippen MR) is 52.9 cm³/mol. The zero-order valence-corrected chi connectivity index (χ0v) is 8.14. The zero-order chi connectivity index (χ0) is 10.6. The molecule has 0 bridgehead atoms. The maximum Gasteiger partial charge on any atom is 0.320 e. The number of ether oxygens (including phenoxy) is 1. The molecule has 4 nitrogen and oxygen atoms in total. The number of carboxylic acid groups (broad SMARTS) is 1. The van der Waals surface area contributed by atoms with Gasteiger partial charge in [-0.2, -0.15) is 0 Å². The third kappa shape index (κ3) is 2.97. The largest absolute Gasteiger partial charge is 0.480 e. The minimum Gasteiger partial charge on any atom is -0.480 e. The van der Waals surface area contributed by atoms with E-state index >= 15 is 0 Å². The van der Waals surface area contributed by atoms with E-state index in [4.69, 9.17) is 15.6 Å². The van der Waals surface area contributed by atoms with Gasteiger partial charge in [-0.25, -0.2) is 0 Å². The Balaban J connectivity index is 2.50. The van der Waals surface area contributed by atoms with Crippen LogP contribution in [-0.4, -0.2) is 30.3 Å². The number of hydrogen-bond acceptors (Lipinski definition) is 3. The monoisotopic (exact) mass is 197 g/mol. The third-order valence-corrected chi connectivity index (χ3v) is 2.22. The lowest BCUT2D eigenvalue weighted by Gasteiger charge is -2.18. The van der Waals surface area contributed by atoms with E-state index in [9.17, 15) is 4.79 Å². The number of carboxylic acids is 1. The first kappa shape index (κ1) is 10.9. The van der Waals surface area contributed by atoms with Crippen LogP contribution in [0.3, 0.4) is 0 Å². The molecule has 1 rings (SSSR count). The Kier molecular flexibility index (Phi) is 3.85. The van der Waals surface area contributed by atoms with Crippen molar-refractivity contribution in [1.29, 1.82) is 0 Å². The van der Waals surface area contributed by atoms with Gasteiger partial charge in [0, 0.05) is 7.11 Å². The SMILES string of the molecule is COC1C=CC=C(CC(N)C(=O)O)C1. The molecule has 0 amide bonds. The normalized spacial score (nSPS) is 23.0. The first-order valence-electron chi connectivity index (χ1n) is 4.51. The summed E-state index contributed by atoms with van der Waals surface area (Å²) in [6.45, 7) is 0. The van der Waals surface area contributed by atoms with Crippen LogP contribution >= 0.6 is 0 Å². The minimum atomic E-state index is -0.964. The molecule has 14 heavy (non-hydrogen) atoms. The summed E-state index contributed by atoms with van der Waals surface area (Å²) in [6, 6.07) is -0.815. The number of rotatable bonds is 4. The van der Waals surface area contributed by atoms with Crippen LogP contribution in [0.1, 0.15) is 12.8 Å². The van der Waals surface area contributed by atoms with Crippen LogP contribution in [0, 0.1) is 0 Å². The van der Waals surface area contributed by atoms with Gasteiger partial charge in [-0.1, -0.05) is 23.8 Å².